The lowest BCUT2D eigenvalue weighted by molar-refractivity contribution is -0.265. The van der Waals surface area contributed by atoms with Crippen molar-refractivity contribution in [1.82, 2.24) is 0 Å². The molecule has 0 aromatic heterocycles. The van der Waals surface area contributed by atoms with E-state index < -0.39 is 5.60 Å². The molecule has 0 amide bonds. The molecule has 0 bridgehead atoms. The van der Waals surface area contributed by atoms with Crippen LogP contribution in [0.25, 0.3) is 0 Å². The van der Waals surface area contributed by atoms with Crippen LogP contribution in [-0.2, 0) is 4.74 Å². The van der Waals surface area contributed by atoms with Gasteiger partial charge in [-0.25, -0.2) is 0 Å². The van der Waals surface area contributed by atoms with Gasteiger partial charge in [0.2, 0.25) is 0 Å². The quantitative estimate of drug-likeness (QED) is 0.399. The van der Waals surface area contributed by atoms with Gasteiger partial charge in [-0.15, -0.1) is 0 Å². The Bertz CT molecular complexity index is 710. The number of rotatable bonds is 7. The number of fused-ring (bicyclic) bond motifs is 3. The van der Waals surface area contributed by atoms with Crippen molar-refractivity contribution in [1.29, 1.82) is 0 Å². The van der Waals surface area contributed by atoms with E-state index in [0.717, 1.165) is 44.4 Å². The summed E-state index contributed by atoms with van der Waals surface area (Å²) in [6.07, 6.45) is 17.2. The van der Waals surface area contributed by atoms with Crippen molar-refractivity contribution in [2.45, 2.75) is 143 Å². The average molecular weight is 445 g/mol. The Labute approximate surface area is 199 Å². The zero-order valence-electron chi connectivity index (χ0n) is 22.5. The summed E-state index contributed by atoms with van der Waals surface area (Å²) in [7, 11) is 0. The Balaban J connectivity index is 1.62. The highest BCUT2D eigenvalue weighted by Crippen LogP contribution is 2.65. The summed E-state index contributed by atoms with van der Waals surface area (Å²) in [5.41, 5.74) is 2.82. The molecule has 3 fully saturated rings. The van der Waals surface area contributed by atoms with E-state index in [1.807, 2.05) is 6.92 Å². The molecule has 2 nitrogen and oxygen atoms in total. The zero-order valence-corrected chi connectivity index (χ0v) is 22.5. The highest BCUT2D eigenvalue weighted by Gasteiger charge is 2.61. The Hall–Kier alpha value is -0.600. The van der Waals surface area contributed by atoms with Crippen molar-refractivity contribution in [2.24, 2.45) is 22.7 Å². The van der Waals surface area contributed by atoms with Crippen LogP contribution in [0.15, 0.2) is 23.3 Å². The predicted octanol–water partition coefficient (Wildman–Crippen LogP) is 8.39. The third-order valence-electron chi connectivity index (χ3n) is 9.80. The molecule has 1 aliphatic heterocycles. The van der Waals surface area contributed by atoms with E-state index >= 15 is 0 Å². The van der Waals surface area contributed by atoms with Gasteiger partial charge in [0.05, 0.1) is 17.3 Å². The Kier molecular flexibility index (Phi) is 7.78. The van der Waals surface area contributed by atoms with Crippen molar-refractivity contribution >= 4 is 0 Å². The van der Waals surface area contributed by atoms with Crippen LogP contribution in [0, 0.1) is 22.7 Å². The number of ether oxygens (including phenoxy) is 1. The third kappa shape index (κ3) is 5.38. The zero-order chi connectivity index (χ0) is 23.8. The summed E-state index contributed by atoms with van der Waals surface area (Å²) >= 11 is 0. The molecule has 0 aromatic carbocycles. The minimum Gasteiger partial charge on any atom is -0.387 e. The molecular weight excluding hydrogens is 392 g/mol. The smallest absolute Gasteiger partial charge is 0.0883 e. The molecule has 3 aliphatic rings. The van der Waals surface area contributed by atoms with Crippen molar-refractivity contribution in [3.8, 4) is 0 Å². The summed E-state index contributed by atoms with van der Waals surface area (Å²) in [5.74, 6) is 1.43. The molecule has 3 rings (SSSR count). The molecule has 1 saturated heterocycles. The summed E-state index contributed by atoms with van der Waals surface area (Å²) < 4.78 is 6.90. The molecule has 2 aliphatic carbocycles. The molecule has 1 heterocycles. The lowest BCUT2D eigenvalue weighted by Crippen LogP contribution is -2.63. The van der Waals surface area contributed by atoms with Gasteiger partial charge in [0.25, 0.3) is 0 Å². The third-order valence-corrected chi connectivity index (χ3v) is 9.80. The van der Waals surface area contributed by atoms with Crippen LogP contribution in [0.1, 0.15) is 126 Å². The molecule has 0 unspecified atom stereocenters. The van der Waals surface area contributed by atoms with E-state index in [0.29, 0.717) is 16.7 Å². The fourth-order valence-electron chi connectivity index (χ4n) is 7.98. The lowest BCUT2D eigenvalue weighted by Gasteiger charge is -2.64. The van der Waals surface area contributed by atoms with Crippen molar-refractivity contribution < 1.29 is 9.84 Å². The molecule has 2 heteroatoms. The first-order chi connectivity index (χ1) is 14.8. The lowest BCUT2D eigenvalue weighted by atomic mass is 9.44. The number of hydrogen-bond acceptors (Lipinski definition) is 2. The van der Waals surface area contributed by atoms with E-state index in [1.54, 1.807) is 0 Å². The van der Waals surface area contributed by atoms with Gasteiger partial charge in [-0.2, -0.15) is 0 Å². The monoisotopic (exact) mass is 444 g/mol. The van der Waals surface area contributed by atoms with Crippen LogP contribution in [0.3, 0.4) is 0 Å². The molecule has 6 atom stereocenters. The SMILES string of the molecule is CC(C)=CCC/C(C)=C/CC[C@@](C)(O)[C@H]1CC[C@@H]2[C@@]3(C)CCCC(C)(C)[C@@H]3CC[C@@]2(C)O1. The maximum atomic E-state index is 11.4. The first kappa shape index (κ1) is 26.0. The van der Waals surface area contributed by atoms with Gasteiger partial charge in [-0.1, -0.05) is 50.5 Å². The van der Waals surface area contributed by atoms with Crippen molar-refractivity contribution in [2.75, 3.05) is 0 Å². The average Bonchev–Trinajstić information content (AvgIpc) is 2.66. The highest BCUT2D eigenvalue weighted by molar-refractivity contribution is 5.11. The first-order valence-electron chi connectivity index (χ1n) is 13.5. The minimum absolute atomic E-state index is 0.0418. The number of hydrogen-bond donors (Lipinski definition) is 1. The van der Waals surface area contributed by atoms with Crippen LogP contribution in [0.2, 0.25) is 0 Å². The van der Waals surface area contributed by atoms with Gasteiger partial charge in [0.15, 0.2) is 0 Å². The van der Waals surface area contributed by atoms with Gasteiger partial charge in [0.1, 0.15) is 0 Å². The van der Waals surface area contributed by atoms with Gasteiger partial charge in [-0.05, 0) is 121 Å². The molecule has 0 radical (unpaired) electrons. The number of aliphatic hydroxyl groups is 1. The topological polar surface area (TPSA) is 29.5 Å². The maximum absolute atomic E-state index is 11.4. The first-order valence-corrected chi connectivity index (χ1v) is 13.5. The van der Waals surface area contributed by atoms with Crippen molar-refractivity contribution in [3.05, 3.63) is 23.3 Å². The van der Waals surface area contributed by atoms with Gasteiger partial charge in [0, 0.05) is 0 Å². The molecule has 2 saturated carbocycles. The summed E-state index contributed by atoms with van der Waals surface area (Å²) in [6.45, 7) is 18.5. The van der Waals surface area contributed by atoms with Crippen molar-refractivity contribution in [3.63, 3.8) is 0 Å². The van der Waals surface area contributed by atoms with E-state index in [9.17, 15) is 5.11 Å². The molecule has 32 heavy (non-hydrogen) atoms. The second-order valence-electron chi connectivity index (χ2n) is 13.3. The van der Waals surface area contributed by atoms with Crippen LogP contribution >= 0.6 is 0 Å². The van der Waals surface area contributed by atoms with Gasteiger partial charge >= 0.3 is 0 Å². The highest BCUT2D eigenvalue weighted by atomic mass is 16.5. The Morgan fingerprint density at radius 3 is 2.34 bits per heavy atom. The van der Waals surface area contributed by atoms with Crippen LogP contribution in [-0.4, -0.2) is 22.4 Å². The fraction of sp³-hybridized carbons (Fsp3) is 0.867. The van der Waals surface area contributed by atoms with E-state index in [2.05, 4.69) is 60.6 Å². The predicted molar refractivity (Wildman–Crippen MR) is 137 cm³/mol. The summed E-state index contributed by atoms with van der Waals surface area (Å²) in [4.78, 5) is 0. The summed E-state index contributed by atoms with van der Waals surface area (Å²) in [5, 5.41) is 11.4. The number of allylic oxidation sites excluding steroid dienone is 4. The fourth-order valence-corrected chi connectivity index (χ4v) is 7.98. The normalized spacial score (nSPS) is 38.9. The van der Waals surface area contributed by atoms with Gasteiger partial charge < -0.3 is 9.84 Å². The second kappa shape index (κ2) is 9.57. The standard InChI is InChI=1S/C30H52O2/c1-22(2)12-9-13-23(3)14-10-20-29(7,31)26-16-15-25-28(6)19-11-18-27(4,5)24(28)17-21-30(25,8)32-26/h12,14,24-26,31H,9-11,13,15-21H2,1-8H3/b23-14+/t24-,25+,26+,28-,29+,30+/m0/s1. The van der Waals surface area contributed by atoms with E-state index in [4.69, 9.17) is 4.74 Å². The molecular formula is C30H52O2. The van der Waals surface area contributed by atoms with E-state index in [-0.39, 0.29) is 11.7 Å². The van der Waals surface area contributed by atoms with Crippen LogP contribution < -0.4 is 0 Å². The Morgan fingerprint density at radius 1 is 0.938 bits per heavy atom. The van der Waals surface area contributed by atoms with Crippen LogP contribution in [0.5, 0.6) is 0 Å². The largest absolute Gasteiger partial charge is 0.387 e. The van der Waals surface area contributed by atoms with E-state index in [1.165, 1.54) is 43.3 Å². The van der Waals surface area contributed by atoms with Crippen LogP contribution in [0.4, 0.5) is 0 Å². The molecule has 184 valence electrons. The van der Waals surface area contributed by atoms with Gasteiger partial charge in [-0.3, -0.25) is 0 Å². The second-order valence-corrected chi connectivity index (χ2v) is 13.3. The Morgan fingerprint density at radius 2 is 1.66 bits per heavy atom. The minimum atomic E-state index is -0.756. The summed E-state index contributed by atoms with van der Waals surface area (Å²) in [6, 6.07) is 0. The maximum Gasteiger partial charge on any atom is 0.0883 e. The molecule has 1 N–H and O–H groups in total. The molecule has 0 aromatic rings. The molecule has 0 spiro atoms.